The Balaban J connectivity index is 1.47. The molecule has 0 saturated carbocycles. The number of aliphatic hydroxyl groups is 1. The number of piperidine rings is 1. The van der Waals surface area contributed by atoms with E-state index in [9.17, 15) is 14.7 Å². The average molecular weight is 544 g/mol. The largest absolute Gasteiger partial charge is 0.395 e. The summed E-state index contributed by atoms with van der Waals surface area (Å²) in [6.45, 7) is 11.1. The first kappa shape index (κ1) is 28.1. The van der Waals surface area contributed by atoms with Gasteiger partial charge in [-0.25, -0.2) is 4.98 Å². The van der Waals surface area contributed by atoms with Crippen molar-refractivity contribution < 1.29 is 14.7 Å². The molecule has 1 aliphatic rings. The van der Waals surface area contributed by atoms with E-state index in [1.165, 1.54) is 21.4 Å². The van der Waals surface area contributed by atoms with Crippen molar-refractivity contribution in [3.8, 4) is 11.3 Å². The number of imidazole rings is 1. The third-order valence-electron chi connectivity index (χ3n) is 8.32. The first-order valence-corrected chi connectivity index (χ1v) is 14.5. The summed E-state index contributed by atoms with van der Waals surface area (Å²) >= 11 is 0. The number of likely N-dealkylation sites (N-methyl/N-ethyl adjacent to an activating group) is 1. The number of rotatable bonds is 9. The molecule has 8 heteroatoms. The fourth-order valence-corrected chi connectivity index (χ4v) is 6.05. The van der Waals surface area contributed by atoms with E-state index in [1.54, 1.807) is 13.2 Å². The monoisotopic (exact) mass is 543 g/mol. The van der Waals surface area contributed by atoms with Crippen molar-refractivity contribution in [2.45, 2.75) is 58.8 Å². The highest BCUT2D eigenvalue weighted by molar-refractivity contribution is 5.94. The van der Waals surface area contributed by atoms with Crippen molar-refractivity contribution >= 4 is 28.2 Å². The number of carbonyl (C=O) groups is 2. The smallest absolute Gasteiger partial charge is 0.273 e. The summed E-state index contributed by atoms with van der Waals surface area (Å²) in [5, 5.41) is 10.5. The van der Waals surface area contributed by atoms with Crippen LogP contribution in [0.3, 0.4) is 0 Å². The molecule has 1 saturated heterocycles. The maximum atomic E-state index is 12.8. The Morgan fingerprint density at radius 2 is 1.93 bits per heavy atom. The van der Waals surface area contributed by atoms with Crippen LogP contribution in [0.25, 0.3) is 27.8 Å². The van der Waals surface area contributed by atoms with Gasteiger partial charge in [-0.2, -0.15) is 0 Å². The number of aliphatic hydroxyl groups excluding tert-OH is 1. The molecule has 0 unspecified atom stereocenters. The number of aryl methyl sites for hydroxylation is 1. The Labute approximate surface area is 236 Å². The van der Waals surface area contributed by atoms with Crippen LogP contribution in [-0.2, 0) is 4.79 Å². The van der Waals surface area contributed by atoms with Gasteiger partial charge in [0, 0.05) is 48.9 Å². The molecule has 1 aromatic carbocycles. The number of hydrogen-bond donors (Lipinski definition) is 2. The second kappa shape index (κ2) is 11.6. The van der Waals surface area contributed by atoms with Crippen LogP contribution in [0.2, 0.25) is 0 Å². The molecule has 1 aliphatic heterocycles. The van der Waals surface area contributed by atoms with E-state index >= 15 is 0 Å². The average Bonchev–Trinajstić information content (AvgIpc) is 3.55. The Kier molecular flexibility index (Phi) is 8.10. The summed E-state index contributed by atoms with van der Waals surface area (Å²) < 4.78 is 1.93. The number of pyridine rings is 1. The third kappa shape index (κ3) is 5.43. The van der Waals surface area contributed by atoms with Gasteiger partial charge in [-0.3, -0.25) is 14.5 Å². The lowest BCUT2D eigenvalue weighted by atomic mass is 9.87. The van der Waals surface area contributed by atoms with E-state index in [4.69, 9.17) is 0 Å². The van der Waals surface area contributed by atoms with Crippen molar-refractivity contribution in [3.05, 3.63) is 59.0 Å². The second-order valence-electron chi connectivity index (χ2n) is 11.5. The van der Waals surface area contributed by atoms with Gasteiger partial charge in [-0.1, -0.05) is 26.8 Å². The fraction of sp³-hybridized carbons (Fsp3) is 0.469. The van der Waals surface area contributed by atoms with E-state index in [0.717, 1.165) is 53.9 Å². The van der Waals surface area contributed by atoms with Crippen LogP contribution in [0.4, 0.5) is 0 Å². The zero-order chi connectivity index (χ0) is 28.6. The minimum Gasteiger partial charge on any atom is -0.395 e. The summed E-state index contributed by atoms with van der Waals surface area (Å²) in [5.74, 6) is 0.925. The first-order valence-electron chi connectivity index (χ1n) is 14.5. The first-order chi connectivity index (χ1) is 19.2. The van der Waals surface area contributed by atoms with Crippen LogP contribution in [0.15, 0.2) is 36.7 Å². The van der Waals surface area contributed by atoms with Gasteiger partial charge < -0.3 is 19.4 Å². The number of aromatic nitrogens is 3. The molecule has 0 radical (unpaired) electrons. The summed E-state index contributed by atoms with van der Waals surface area (Å²) in [7, 11) is 1.67. The molecule has 4 aromatic rings. The number of aromatic amines is 1. The second-order valence-corrected chi connectivity index (χ2v) is 11.5. The predicted molar refractivity (Wildman–Crippen MR) is 159 cm³/mol. The predicted octanol–water partition coefficient (Wildman–Crippen LogP) is 5.14. The molecule has 8 nitrogen and oxygen atoms in total. The Morgan fingerprint density at radius 1 is 1.18 bits per heavy atom. The van der Waals surface area contributed by atoms with Crippen molar-refractivity contribution in [1.82, 2.24) is 24.2 Å². The molecule has 1 amide bonds. The van der Waals surface area contributed by atoms with E-state index in [2.05, 4.69) is 53.0 Å². The van der Waals surface area contributed by atoms with Gasteiger partial charge in [0.25, 0.3) is 5.91 Å². The quantitative estimate of drug-likeness (QED) is 0.305. The molecule has 0 atom stereocenters. The van der Waals surface area contributed by atoms with Crippen LogP contribution in [0, 0.1) is 6.92 Å². The van der Waals surface area contributed by atoms with Gasteiger partial charge in [0.2, 0.25) is 0 Å². The highest BCUT2D eigenvalue weighted by atomic mass is 16.3. The number of benzene rings is 1. The Morgan fingerprint density at radius 3 is 2.60 bits per heavy atom. The molecule has 4 heterocycles. The number of nitrogens with zero attached hydrogens (tertiary/aromatic N) is 4. The van der Waals surface area contributed by atoms with Crippen molar-refractivity contribution in [3.63, 3.8) is 0 Å². The summed E-state index contributed by atoms with van der Waals surface area (Å²) in [5.41, 5.74) is 8.05. The number of carbonyl (C=O) groups excluding carboxylic acids is 2. The topological polar surface area (TPSA) is 93.9 Å². The van der Waals surface area contributed by atoms with Gasteiger partial charge in [0.05, 0.1) is 18.8 Å². The number of hydrogen-bond acceptors (Lipinski definition) is 5. The van der Waals surface area contributed by atoms with Crippen LogP contribution in [0.5, 0.6) is 0 Å². The molecule has 2 N–H and O–H groups in total. The summed E-state index contributed by atoms with van der Waals surface area (Å²) in [6.07, 6.45) is 6.57. The van der Waals surface area contributed by atoms with E-state index in [-0.39, 0.29) is 19.1 Å². The van der Waals surface area contributed by atoms with Crippen LogP contribution in [0.1, 0.15) is 79.0 Å². The minimum absolute atomic E-state index is 0.0853. The number of fused-ring (bicyclic) bond motifs is 2. The number of Topliss-reactive ketones (excluding diaryl/α,β-unsaturated/α-hetero) is 1. The molecule has 40 heavy (non-hydrogen) atoms. The zero-order valence-electron chi connectivity index (χ0n) is 24.3. The molecule has 212 valence electrons. The van der Waals surface area contributed by atoms with Crippen molar-refractivity contribution in [2.75, 3.05) is 39.8 Å². The normalized spacial score (nSPS) is 15.0. The molecule has 0 bridgehead atoms. The fourth-order valence-electron chi connectivity index (χ4n) is 6.05. The molecular formula is C32H41N5O3. The van der Waals surface area contributed by atoms with Gasteiger partial charge in [0.1, 0.15) is 17.1 Å². The highest BCUT2D eigenvalue weighted by Gasteiger charge is 2.24. The molecule has 5 rings (SSSR count). The van der Waals surface area contributed by atoms with Crippen LogP contribution in [-0.4, -0.2) is 80.8 Å². The summed E-state index contributed by atoms with van der Waals surface area (Å²) in [4.78, 5) is 36.8. The van der Waals surface area contributed by atoms with E-state index < -0.39 is 0 Å². The number of likely N-dealkylation sites (tertiary alicyclic amines) is 1. The minimum atomic E-state index is -0.206. The molecule has 3 aromatic heterocycles. The van der Waals surface area contributed by atoms with E-state index in [1.807, 2.05) is 24.4 Å². The zero-order valence-corrected chi connectivity index (χ0v) is 24.3. The standard InChI is InChI=1S/C32H41N5O3/c1-6-25(39)18-36-11-9-22(10-12-36)23-7-8-27-26(16-23)29(20(2)3)30(33-27)24-15-21(4)31-34-28(19-37(31)17-24)32(40)35(5)13-14-38/h7-8,15-17,19-20,22,33,38H,6,9-14,18H2,1-5H3. The number of H-pyrrole nitrogens is 1. The number of ketones is 1. The lowest BCUT2D eigenvalue weighted by Gasteiger charge is -2.31. The molecule has 0 spiro atoms. The Bertz CT molecular complexity index is 1540. The van der Waals surface area contributed by atoms with Crippen molar-refractivity contribution in [2.24, 2.45) is 0 Å². The van der Waals surface area contributed by atoms with E-state index in [0.29, 0.717) is 36.3 Å². The number of nitrogens with one attached hydrogen (secondary N) is 1. The lowest BCUT2D eigenvalue weighted by Crippen LogP contribution is -2.36. The molecule has 0 aliphatic carbocycles. The molecular weight excluding hydrogens is 502 g/mol. The van der Waals surface area contributed by atoms with Gasteiger partial charge in [-0.15, -0.1) is 0 Å². The third-order valence-corrected chi connectivity index (χ3v) is 8.32. The number of amides is 1. The van der Waals surface area contributed by atoms with Crippen molar-refractivity contribution in [1.29, 1.82) is 0 Å². The maximum absolute atomic E-state index is 12.8. The van der Waals surface area contributed by atoms with Crippen LogP contribution < -0.4 is 0 Å². The van der Waals surface area contributed by atoms with Gasteiger partial charge in [-0.05, 0) is 79.6 Å². The maximum Gasteiger partial charge on any atom is 0.273 e. The SMILES string of the molecule is CCC(=O)CN1CCC(c2ccc3[nH]c(-c4cc(C)c5nc(C(=O)N(C)CCO)cn5c4)c(C(C)C)c3c2)CC1. The highest BCUT2D eigenvalue weighted by Crippen LogP contribution is 2.38. The van der Waals surface area contributed by atoms with Gasteiger partial charge >= 0.3 is 0 Å². The molecule has 1 fully saturated rings. The van der Waals surface area contributed by atoms with Crippen LogP contribution >= 0.6 is 0 Å². The van der Waals surface area contributed by atoms with Gasteiger partial charge in [0.15, 0.2) is 0 Å². The summed E-state index contributed by atoms with van der Waals surface area (Å²) in [6, 6.07) is 8.98. The Hall–Kier alpha value is -3.49. The lowest BCUT2D eigenvalue weighted by molar-refractivity contribution is -0.120.